The van der Waals surface area contributed by atoms with Gasteiger partial charge in [0.2, 0.25) is 9.84 Å². The van der Waals surface area contributed by atoms with Crippen molar-refractivity contribution in [2.24, 2.45) is 7.05 Å². The zero-order chi connectivity index (χ0) is 18.2. The molecule has 0 saturated carbocycles. The Labute approximate surface area is 146 Å². The highest BCUT2D eigenvalue weighted by Gasteiger charge is 2.26. The lowest BCUT2D eigenvalue weighted by atomic mass is 10.2. The fourth-order valence-corrected chi connectivity index (χ4v) is 3.76. The second-order valence-corrected chi connectivity index (χ2v) is 8.11. The minimum Gasteiger partial charge on any atom is -0.290 e. The van der Waals surface area contributed by atoms with Gasteiger partial charge in [0.05, 0.1) is 15.8 Å². The van der Waals surface area contributed by atoms with Crippen molar-refractivity contribution in [2.75, 3.05) is 0 Å². The predicted molar refractivity (Wildman–Crippen MR) is 90.7 cm³/mol. The van der Waals surface area contributed by atoms with Gasteiger partial charge in [0.25, 0.3) is 5.56 Å². The summed E-state index contributed by atoms with van der Waals surface area (Å²) in [5.74, 6) is -3.46. The standard InChI is InChI=1S/C16H12F2N2O3S2/c1-20-14(21)12-4-2-3-5-13(12)19-16(20)24-10-6-8-11(9-7-10)25(22,23)15(17)18/h2-9,15H,1H3. The third kappa shape index (κ3) is 3.29. The molecule has 0 aliphatic rings. The Morgan fingerprint density at radius 3 is 2.36 bits per heavy atom. The topological polar surface area (TPSA) is 69.0 Å². The van der Waals surface area contributed by atoms with E-state index >= 15 is 0 Å². The molecule has 130 valence electrons. The average Bonchev–Trinajstić information content (AvgIpc) is 2.60. The van der Waals surface area contributed by atoms with Crippen LogP contribution in [0.5, 0.6) is 0 Å². The largest absolute Gasteiger partial charge is 0.341 e. The zero-order valence-electron chi connectivity index (χ0n) is 12.9. The molecule has 0 radical (unpaired) electrons. The lowest BCUT2D eigenvalue weighted by Gasteiger charge is -2.09. The van der Waals surface area contributed by atoms with E-state index < -0.39 is 20.5 Å². The maximum atomic E-state index is 12.6. The van der Waals surface area contributed by atoms with Crippen LogP contribution in [0.15, 0.2) is 68.3 Å². The van der Waals surface area contributed by atoms with Gasteiger partial charge in [-0.2, -0.15) is 8.78 Å². The molecule has 3 rings (SSSR count). The second-order valence-electron chi connectivity index (χ2n) is 5.15. The summed E-state index contributed by atoms with van der Waals surface area (Å²) < 4.78 is 49.4. The molecule has 1 aromatic heterocycles. The van der Waals surface area contributed by atoms with Gasteiger partial charge in [0.1, 0.15) is 0 Å². The van der Waals surface area contributed by atoms with Gasteiger partial charge in [0, 0.05) is 11.9 Å². The molecule has 0 aliphatic heterocycles. The van der Waals surface area contributed by atoms with Crippen molar-refractivity contribution in [1.29, 1.82) is 0 Å². The summed E-state index contributed by atoms with van der Waals surface area (Å²) in [6.07, 6.45) is 0. The first-order valence-electron chi connectivity index (χ1n) is 7.06. The molecule has 0 fully saturated rings. The molecule has 0 saturated heterocycles. The van der Waals surface area contributed by atoms with Crippen molar-refractivity contribution in [3.05, 3.63) is 58.9 Å². The Hall–Kier alpha value is -2.26. The van der Waals surface area contributed by atoms with E-state index in [9.17, 15) is 22.0 Å². The minimum atomic E-state index is -4.62. The number of nitrogens with zero attached hydrogens (tertiary/aromatic N) is 2. The monoisotopic (exact) mass is 382 g/mol. The molecule has 0 spiro atoms. The van der Waals surface area contributed by atoms with Crippen molar-refractivity contribution < 1.29 is 17.2 Å². The highest BCUT2D eigenvalue weighted by molar-refractivity contribution is 7.99. The maximum Gasteiger partial charge on any atom is 0.341 e. The molecule has 0 amide bonds. The minimum absolute atomic E-state index is 0.204. The molecule has 3 aromatic rings. The van der Waals surface area contributed by atoms with Crippen LogP contribution < -0.4 is 5.56 Å². The lowest BCUT2D eigenvalue weighted by molar-refractivity contribution is 0.234. The number of aromatic nitrogens is 2. The van der Waals surface area contributed by atoms with E-state index in [1.807, 2.05) is 0 Å². The number of fused-ring (bicyclic) bond motifs is 1. The molecule has 0 bridgehead atoms. The smallest absolute Gasteiger partial charge is 0.290 e. The van der Waals surface area contributed by atoms with E-state index in [4.69, 9.17) is 0 Å². The van der Waals surface area contributed by atoms with Gasteiger partial charge in [-0.25, -0.2) is 13.4 Å². The van der Waals surface area contributed by atoms with Gasteiger partial charge >= 0.3 is 5.76 Å². The van der Waals surface area contributed by atoms with Gasteiger partial charge < -0.3 is 0 Å². The number of hydrogen-bond acceptors (Lipinski definition) is 5. The highest BCUT2D eigenvalue weighted by atomic mass is 32.2. The fourth-order valence-electron chi connectivity index (χ4n) is 2.19. The summed E-state index contributed by atoms with van der Waals surface area (Å²) in [6.45, 7) is 0. The molecule has 0 aliphatic carbocycles. The summed E-state index contributed by atoms with van der Waals surface area (Å²) in [5.41, 5.74) is 0.343. The SMILES string of the molecule is Cn1c(Sc2ccc(S(=O)(=O)C(F)F)cc2)nc2ccccc2c1=O. The van der Waals surface area contributed by atoms with Gasteiger partial charge in [-0.05, 0) is 36.4 Å². The van der Waals surface area contributed by atoms with E-state index in [1.54, 1.807) is 31.3 Å². The Balaban J connectivity index is 1.97. The van der Waals surface area contributed by atoms with Crippen LogP contribution in [0.2, 0.25) is 0 Å². The average molecular weight is 382 g/mol. The number of alkyl halides is 2. The van der Waals surface area contributed by atoms with Gasteiger partial charge in [0.15, 0.2) is 5.16 Å². The van der Waals surface area contributed by atoms with Crippen molar-refractivity contribution >= 4 is 32.5 Å². The van der Waals surface area contributed by atoms with E-state index in [2.05, 4.69) is 4.98 Å². The van der Waals surface area contributed by atoms with Crippen LogP contribution in [0.3, 0.4) is 0 Å². The summed E-state index contributed by atoms with van der Waals surface area (Å²) in [6, 6.07) is 12.0. The maximum absolute atomic E-state index is 12.6. The number of hydrogen-bond donors (Lipinski definition) is 0. The Bertz CT molecular complexity index is 1090. The number of benzene rings is 2. The number of rotatable bonds is 4. The molecule has 0 atom stereocenters. The summed E-state index contributed by atoms with van der Waals surface area (Å²) >= 11 is 1.14. The van der Waals surface area contributed by atoms with E-state index in [1.165, 1.54) is 16.7 Å². The van der Waals surface area contributed by atoms with E-state index in [0.29, 0.717) is 21.0 Å². The quantitative estimate of drug-likeness (QED) is 0.649. The number of para-hydroxylation sites is 1. The first-order valence-corrected chi connectivity index (χ1v) is 9.43. The van der Waals surface area contributed by atoms with Crippen LogP contribution in [0.1, 0.15) is 0 Å². The molecule has 0 N–H and O–H groups in total. The van der Waals surface area contributed by atoms with Crippen LogP contribution in [0.25, 0.3) is 10.9 Å². The third-order valence-corrected chi connectivity index (χ3v) is 5.99. The third-order valence-electron chi connectivity index (χ3n) is 3.54. The van der Waals surface area contributed by atoms with Gasteiger partial charge in [-0.3, -0.25) is 9.36 Å². The van der Waals surface area contributed by atoms with E-state index in [0.717, 1.165) is 23.9 Å². The molecular weight excluding hydrogens is 370 g/mol. The number of sulfone groups is 1. The molecule has 1 heterocycles. The number of halogens is 2. The van der Waals surface area contributed by atoms with Crippen LogP contribution in [-0.4, -0.2) is 23.7 Å². The van der Waals surface area contributed by atoms with Crippen molar-refractivity contribution in [3.8, 4) is 0 Å². The summed E-state index contributed by atoms with van der Waals surface area (Å²) in [7, 11) is -3.04. The van der Waals surface area contributed by atoms with E-state index in [-0.39, 0.29) is 5.56 Å². The normalized spacial score (nSPS) is 12.0. The lowest BCUT2D eigenvalue weighted by Crippen LogP contribution is -2.19. The van der Waals surface area contributed by atoms with Crippen LogP contribution in [0.4, 0.5) is 8.78 Å². The van der Waals surface area contributed by atoms with Crippen molar-refractivity contribution in [2.45, 2.75) is 20.7 Å². The fraction of sp³-hybridized carbons (Fsp3) is 0.125. The van der Waals surface area contributed by atoms with Crippen LogP contribution in [0, 0.1) is 0 Å². The molecule has 0 unspecified atom stereocenters. The summed E-state index contributed by atoms with van der Waals surface area (Å²) in [4.78, 5) is 16.9. The van der Waals surface area contributed by atoms with Gasteiger partial charge in [-0.15, -0.1) is 0 Å². The predicted octanol–water partition coefficient (Wildman–Crippen LogP) is 3.08. The molecular formula is C16H12F2N2O3S2. The zero-order valence-corrected chi connectivity index (χ0v) is 14.5. The van der Waals surface area contributed by atoms with Crippen LogP contribution in [-0.2, 0) is 16.9 Å². The first-order chi connectivity index (χ1) is 11.8. The molecule has 25 heavy (non-hydrogen) atoms. The van der Waals surface area contributed by atoms with Gasteiger partial charge in [-0.1, -0.05) is 23.9 Å². The summed E-state index contributed by atoms with van der Waals surface area (Å²) in [5, 5.41) is 0.904. The van der Waals surface area contributed by atoms with Crippen molar-refractivity contribution in [1.82, 2.24) is 9.55 Å². The highest BCUT2D eigenvalue weighted by Crippen LogP contribution is 2.28. The Morgan fingerprint density at radius 1 is 1.08 bits per heavy atom. The second kappa shape index (κ2) is 6.57. The Morgan fingerprint density at radius 2 is 1.72 bits per heavy atom. The molecule has 9 heteroatoms. The molecule has 5 nitrogen and oxygen atoms in total. The Kier molecular flexibility index (Phi) is 4.61. The first kappa shape index (κ1) is 17.6. The van der Waals surface area contributed by atoms with Crippen LogP contribution >= 0.6 is 11.8 Å². The molecule has 2 aromatic carbocycles. The van der Waals surface area contributed by atoms with Crippen molar-refractivity contribution in [3.63, 3.8) is 0 Å².